The van der Waals surface area contributed by atoms with Crippen LogP contribution in [0, 0.1) is 31.4 Å². The molecule has 0 amide bonds. The first kappa shape index (κ1) is 55.7. The number of hydrogen-bond acceptors (Lipinski definition) is 6. The Morgan fingerprint density at radius 3 is 1.64 bits per heavy atom. The van der Waals surface area contributed by atoms with Crippen molar-refractivity contribution in [2.45, 2.75) is 200 Å². The van der Waals surface area contributed by atoms with Crippen molar-refractivity contribution in [3.63, 3.8) is 0 Å². The van der Waals surface area contributed by atoms with Gasteiger partial charge < -0.3 is 23.7 Å². The Bertz CT molecular complexity index is 1940. The van der Waals surface area contributed by atoms with Gasteiger partial charge in [-0.25, -0.2) is 8.78 Å². The summed E-state index contributed by atoms with van der Waals surface area (Å²) in [5.74, 6) is 2.88. The van der Waals surface area contributed by atoms with E-state index in [0.29, 0.717) is 31.0 Å². The van der Waals surface area contributed by atoms with Crippen LogP contribution < -0.4 is 14.2 Å². The maximum absolute atomic E-state index is 13.6. The van der Waals surface area contributed by atoms with Gasteiger partial charge in [0, 0.05) is 25.2 Å². The second kappa shape index (κ2) is 32.6. The Balaban J connectivity index is 0.000000276. The second-order valence-electron chi connectivity index (χ2n) is 19.8. The normalized spacial score (nSPS) is 18.0. The fraction of sp³-hybridized carbons (Fsp3) is 0.590. The third kappa shape index (κ3) is 22.1. The van der Waals surface area contributed by atoms with Crippen molar-refractivity contribution in [1.82, 2.24) is 0 Å². The lowest BCUT2D eigenvalue weighted by Gasteiger charge is -2.29. The van der Waals surface area contributed by atoms with Crippen molar-refractivity contribution in [2.75, 3.05) is 26.4 Å². The highest BCUT2D eigenvalue weighted by atomic mass is 19.1. The van der Waals surface area contributed by atoms with E-state index in [0.717, 1.165) is 151 Å². The molecular formula is C61H86F2O6. The Labute approximate surface area is 415 Å². The van der Waals surface area contributed by atoms with Gasteiger partial charge in [-0.15, -0.1) is 0 Å². The van der Waals surface area contributed by atoms with Crippen molar-refractivity contribution in [2.24, 2.45) is 5.92 Å². The van der Waals surface area contributed by atoms with Crippen LogP contribution in [0.2, 0.25) is 0 Å². The first-order valence-corrected chi connectivity index (χ1v) is 27.1. The average Bonchev–Trinajstić information content (AvgIpc) is 3.36. The Morgan fingerprint density at radius 2 is 1.06 bits per heavy atom. The van der Waals surface area contributed by atoms with E-state index in [1.54, 1.807) is 12.1 Å². The summed E-state index contributed by atoms with van der Waals surface area (Å²) in [5, 5.41) is 0. The summed E-state index contributed by atoms with van der Waals surface area (Å²) in [6.07, 6.45) is 26.9. The number of ether oxygens (including phenoxy) is 5. The molecule has 0 atom stereocenters. The molecule has 2 aliphatic rings. The lowest BCUT2D eigenvalue weighted by atomic mass is 9.77. The van der Waals surface area contributed by atoms with Crippen LogP contribution in [0.3, 0.4) is 0 Å². The van der Waals surface area contributed by atoms with E-state index in [2.05, 4.69) is 57.2 Å². The minimum atomic E-state index is -0.420. The van der Waals surface area contributed by atoms with E-state index >= 15 is 0 Å². The largest absolute Gasteiger partial charge is 0.494 e. The first-order chi connectivity index (χ1) is 33.7. The molecule has 6 nitrogen and oxygen atoms in total. The van der Waals surface area contributed by atoms with Crippen LogP contribution >= 0.6 is 0 Å². The zero-order chi connectivity index (χ0) is 48.9. The van der Waals surface area contributed by atoms with Gasteiger partial charge in [0.1, 0.15) is 28.9 Å². The SMILES string of the molecule is CCCCCC(=O)Oc1ccc(OCCCCCCOC2CCC(OCCCCOc3ccc(C)cc3)CC2)cc1.CCCc1ccc(C2CCC(CCCCc3cc(F)c(C)c(F)c3)CC2)cc1. The standard InChI is InChI=1S/C35H52O6.C26H34F2/c1-3-4-7-12-35(36)41-34-23-21-33(22-24-34)38-26-9-6-5-8-25-37-31-17-19-32(20-18-31)40-28-11-10-27-39-30-15-13-29(2)14-16-30;1-3-6-20-9-13-23(14-10-20)24-15-11-21(12-16-24)7-4-5-8-22-17-25(27)19(2)26(28)18-22/h13-16,21-24,31-32H,3-12,17-20,25-28H2,1-2H3;9-10,13-14,17-18,21,24H,3-8,11-12,15-16H2,1-2H3. The molecule has 4 aromatic carbocycles. The third-order valence-corrected chi connectivity index (χ3v) is 14.0. The molecule has 0 unspecified atom stereocenters. The first-order valence-electron chi connectivity index (χ1n) is 27.1. The van der Waals surface area contributed by atoms with Crippen LogP contribution in [-0.4, -0.2) is 44.6 Å². The molecule has 0 aliphatic heterocycles. The Kier molecular flexibility index (Phi) is 26.3. The predicted molar refractivity (Wildman–Crippen MR) is 278 cm³/mol. The van der Waals surface area contributed by atoms with Crippen molar-refractivity contribution in [3.05, 3.63) is 124 Å². The molecule has 0 saturated heterocycles. The monoisotopic (exact) mass is 953 g/mol. The van der Waals surface area contributed by atoms with Gasteiger partial charge in [-0.2, -0.15) is 0 Å². The molecule has 2 aliphatic carbocycles. The zero-order valence-corrected chi connectivity index (χ0v) is 42.9. The van der Waals surface area contributed by atoms with Crippen molar-refractivity contribution >= 4 is 5.97 Å². The summed E-state index contributed by atoms with van der Waals surface area (Å²) in [5.41, 5.74) is 5.13. The maximum Gasteiger partial charge on any atom is 0.311 e. The molecule has 2 saturated carbocycles. The minimum Gasteiger partial charge on any atom is -0.494 e. The number of hydrogen-bond donors (Lipinski definition) is 0. The van der Waals surface area contributed by atoms with Crippen LogP contribution in [0.1, 0.15) is 189 Å². The van der Waals surface area contributed by atoms with Gasteiger partial charge in [-0.3, -0.25) is 4.79 Å². The quantitative estimate of drug-likeness (QED) is 0.0307. The number of aryl methyl sites for hydroxylation is 3. The van der Waals surface area contributed by atoms with Crippen LogP contribution in [-0.2, 0) is 27.1 Å². The molecule has 0 heterocycles. The van der Waals surface area contributed by atoms with E-state index < -0.39 is 11.6 Å². The molecule has 380 valence electrons. The highest BCUT2D eigenvalue weighted by molar-refractivity contribution is 5.72. The zero-order valence-electron chi connectivity index (χ0n) is 42.9. The number of esters is 1. The summed E-state index contributed by atoms with van der Waals surface area (Å²) in [6, 6.07) is 27.8. The molecule has 0 spiro atoms. The number of carbonyl (C=O) groups excluding carboxylic acids is 1. The van der Waals surface area contributed by atoms with Crippen LogP contribution in [0.4, 0.5) is 8.78 Å². The molecule has 0 aromatic heterocycles. The minimum absolute atomic E-state index is 0.125. The average molecular weight is 953 g/mol. The number of unbranched alkanes of at least 4 members (excludes halogenated alkanes) is 7. The molecule has 0 N–H and O–H groups in total. The summed E-state index contributed by atoms with van der Waals surface area (Å²) in [7, 11) is 0. The second-order valence-corrected chi connectivity index (χ2v) is 19.8. The van der Waals surface area contributed by atoms with Gasteiger partial charge >= 0.3 is 5.97 Å². The summed E-state index contributed by atoms with van der Waals surface area (Å²) in [4.78, 5) is 11.8. The van der Waals surface area contributed by atoms with Gasteiger partial charge in [0.2, 0.25) is 0 Å². The van der Waals surface area contributed by atoms with Gasteiger partial charge in [0.15, 0.2) is 0 Å². The summed E-state index contributed by atoms with van der Waals surface area (Å²) < 4.78 is 56.5. The fourth-order valence-corrected chi connectivity index (χ4v) is 9.58. The molecule has 4 aromatic rings. The van der Waals surface area contributed by atoms with E-state index in [1.165, 1.54) is 80.7 Å². The molecule has 6 rings (SSSR count). The van der Waals surface area contributed by atoms with E-state index in [1.807, 2.05) is 24.3 Å². The number of carbonyl (C=O) groups is 1. The van der Waals surface area contributed by atoms with E-state index in [-0.39, 0.29) is 11.5 Å². The van der Waals surface area contributed by atoms with E-state index in [4.69, 9.17) is 23.7 Å². The van der Waals surface area contributed by atoms with Crippen molar-refractivity contribution in [3.8, 4) is 17.2 Å². The number of rotatable bonds is 29. The molecule has 0 bridgehead atoms. The summed E-state index contributed by atoms with van der Waals surface area (Å²) >= 11 is 0. The Hall–Kier alpha value is -4.27. The molecule has 69 heavy (non-hydrogen) atoms. The Morgan fingerprint density at radius 1 is 0.522 bits per heavy atom. The fourth-order valence-electron chi connectivity index (χ4n) is 9.58. The van der Waals surface area contributed by atoms with Crippen LogP contribution in [0.15, 0.2) is 84.9 Å². The van der Waals surface area contributed by atoms with Crippen molar-refractivity contribution < 1.29 is 37.3 Å². The highest BCUT2D eigenvalue weighted by Crippen LogP contribution is 2.38. The lowest BCUT2D eigenvalue weighted by Crippen LogP contribution is -2.27. The van der Waals surface area contributed by atoms with Gasteiger partial charge in [-0.1, -0.05) is 94.3 Å². The van der Waals surface area contributed by atoms with Crippen LogP contribution in [0.5, 0.6) is 17.2 Å². The van der Waals surface area contributed by atoms with E-state index in [9.17, 15) is 13.6 Å². The number of halogens is 2. The molecule has 8 heteroatoms. The molecule has 2 fully saturated rings. The number of benzene rings is 4. The van der Waals surface area contributed by atoms with Crippen molar-refractivity contribution in [1.29, 1.82) is 0 Å². The predicted octanol–water partition coefficient (Wildman–Crippen LogP) is 16.5. The maximum atomic E-state index is 13.6. The highest BCUT2D eigenvalue weighted by Gasteiger charge is 2.23. The van der Waals surface area contributed by atoms with Gasteiger partial charge in [0.05, 0.1) is 25.4 Å². The van der Waals surface area contributed by atoms with Crippen LogP contribution in [0.25, 0.3) is 0 Å². The van der Waals surface area contributed by atoms with Gasteiger partial charge in [0.25, 0.3) is 0 Å². The summed E-state index contributed by atoms with van der Waals surface area (Å²) in [6.45, 7) is 11.0. The van der Waals surface area contributed by atoms with Gasteiger partial charge in [-0.05, 0) is 200 Å². The topological polar surface area (TPSA) is 63.2 Å². The molecular weight excluding hydrogens is 867 g/mol. The smallest absolute Gasteiger partial charge is 0.311 e. The third-order valence-electron chi connectivity index (χ3n) is 14.0. The lowest BCUT2D eigenvalue weighted by molar-refractivity contribution is -0.134. The molecule has 0 radical (unpaired) electrons.